The number of carbonyl (C=O) groups excluding carboxylic acids is 1. The van der Waals surface area contributed by atoms with E-state index in [9.17, 15) is 9.59 Å². The van der Waals surface area contributed by atoms with Crippen molar-refractivity contribution in [2.24, 2.45) is 0 Å². The van der Waals surface area contributed by atoms with Gasteiger partial charge < -0.3 is 10.1 Å². The molecule has 6 nitrogen and oxygen atoms in total. The average Bonchev–Trinajstić information content (AvgIpc) is 2.79. The van der Waals surface area contributed by atoms with Crippen molar-refractivity contribution in [2.45, 2.75) is 6.54 Å². The molecule has 30 heavy (non-hydrogen) atoms. The van der Waals surface area contributed by atoms with Gasteiger partial charge in [0.2, 0.25) is 0 Å². The van der Waals surface area contributed by atoms with Crippen LogP contribution in [0.1, 0.15) is 10.4 Å². The molecule has 4 aromatic rings. The Kier molecular flexibility index (Phi) is 5.57. The first-order chi connectivity index (χ1) is 14.7. The fraction of sp³-hybridized carbons (Fsp3) is 0.125. The Morgan fingerprint density at radius 2 is 1.80 bits per heavy atom. The smallest absolute Gasteiger partial charge is 0.253 e. The molecule has 1 N–H and O–H groups in total. The van der Waals surface area contributed by atoms with Gasteiger partial charge in [0.05, 0.1) is 19.1 Å². The summed E-state index contributed by atoms with van der Waals surface area (Å²) in [5.74, 6) is 0.580. The van der Waals surface area contributed by atoms with Gasteiger partial charge in [-0.2, -0.15) is 0 Å². The zero-order chi connectivity index (χ0) is 20.9. The Balaban J connectivity index is 1.42. The molecule has 1 aromatic heterocycles. The molecule has 0 bridgehead atoms. The van der Waals surface area contributed by atoms with Crippen LogP contribution in [0, 0.1) is 0 Å². The van der Waals surface area contributed by atoms with E-state index in [0.717, 1.165) is 22.1 Å². The number of carbonyl (C=O) groups is 1. The van der Waals surface area contributed by atoms with Crippen molar-refractivity contribution in [1.82, 2.24) is 14.9 Å². The van der Waals surface area contributed by atoms with Gasteiger partial charge in [0.15, 0.2) is 0 Å². The van der Waals surface area contributed by atoms with Crippen LogP contribution < -0.4 is 15.6 Å². The summed E-state index contributed by atoms with van der Waals surface area (Å²) in [5.41, 5.74) is 1.88. The van der Waals surface area contributed by atoms with Crippen molar-refractivity contribution in [1.29, 1.82) is 0 Å². The fourth-order valence-corrected chi connectivity index (χ4v) is 3.32. The number of fused-ring (bicyclic) bond motifs is 1. The van der Waals surface area contributed by atoms with Gasteiger partial charge in [-0.25, -0.2) is 4.98 Å². The Morgan fingerprint density at radius 3 is 2.57 bits per heavy atom. The topological polar surface area (TPSA) is 73.2 Å². The molecule has 0 fully saturated rings. The lowest BCUT2D eigenvalue weighted by Crippen LogP contribution is -2.30. The van der Waals surface area contributed by atoms with Gasteiger partial charge in [-0.3, -0.25) is 14.2 Å². The summed E-state index contributed by atoms with van der Waals surface area (Å²) in [5, 5.41) is 4.80. The zero-order valence-electron chi connectivity index (χ0n) is 16.5. The first kappa shape index (κ1) is 19.4. The maximum Gasteiger partial charge on any atom is 0.253 e. The van der Waals surface area contributed by atoms with Crippen molar-refractivity contribution in [2.75, 3.05) is 13.7 Å². The molecular weight excluding hydrogens is 378 g/mol. The number of benzene rings is 3. The van der Waals surface area contributed by atoms with Crippen molar-refractivity contribution in [3.05, 3.63) is 95.0 Å². The number of methoxy groups -OCH3 is 1. The lowest BCUT2D eigenvalue weighted by molar-refractivity contribution is 0.0954. The Hall–Kier alpha value is -3.93. The summed E-state index contributed by atoms with van der Waals surface area (Å²) < 4.78 is 6.63. The van der Waals surface area contributed by atoms with Crippen molar-refractivity contribution < 1.29 is 9.53 Å². The number of aromatic nitrogens is 2. The Morgan fingerprint density at radius 1 is 1.03 bits per heavy atom. The minimum absolute atomic E-state index is 0.164. The third kappa shape index (κ3) is 4.07. The molecule has 1 amide bonds. The number of nitrogens with one attached hydrogen (secondary N) is 1. The second-order valence-corrected chi connectivity index (χ2v) is 6.82. The molecule has 0 spiro atoms. The normalized spacial score (nSPS) is 10.7. The van der Waals surface area contributed by atoms with Gasteiger partial charge >= 0.3 is 0 Å². The van der Waals surface area contributed by atoms with Gasteiger partial charge in [0, 0.05) is 30.3 Å². The minimum atomic E-state index is -0.171. The summed E-state index contributed by atoms with van der Waals surface area (Å²) in [4.78, 5) is 29.4. The van der Waals surface area contributed by atoms with Crippen LogP contribution in [0.25, 0.3) is 22.0 Å². The standard InChI is InChI=1S/C24H21N3O3/c1-30-19-11-9-18(10-12-19)22-15-23(28)27(16-26-22)14-13-25-24(29)21-8-4-6-17-5-2-3-7-20(17)21/h2-12,15-16H,13-14H2,1H3,(H,25,29). The van der Waals surface area contributed by atoms with Gasteiger partial charge in [-0.05, 0) is 41.1 Å². The maximum atomic E-state index is 12.6. The minimum Gasteiger partial charge on any atom is -0.497 e. The number of amides is 1. The van der Waals surface area contributed by atoms with Crippen molar-refractivity contribution >= 4 is 16.7 Å². The molecule has 0 aliphatic heterocycles. The highest BCUT2D eigenvalue weighted by molar-refractivity contribution is 6.06. The highest BCUT2D eigenvalue weighted by atomic mass is 16.5. The first-order valence-electron chi connectivity index (χ1n) is 9.62. The summed E-state index contributed by atoms with van der Waals surface area (Å²) >= 11 is 0. The average molecular weight is 399 g/mol. The van der Waals surface area contributed by atoms with Gasteiger partial charge in [0.1, 0.15) is 5.75 Å². The van der Waals surface area contributed by atoms with E-state index in [1.165, 1.54) is 17.0 Å². The molecule has 0 aliphatic rings. The van der Waals surface area contributed by atoms with Crippen LogP contribution in [0.5, 0.6) is 5.75 Å². The monoisotopic (exact) mass is 399 g/mol. The molecule has 0 radical (unpaired) electrons. The van der Waals surface area contributed by atoms with E-state index in [1.807, 2.05) is 60.7 Å². The molecule has 0 atom stereocenters. The zero-order valence-corrected chi connectivity index (χ0v) is 16.5. The van der Waals surface area contributed by atoms with E-state index in [-0.39, 0.29) is 11.5 Å². The van der Waals surface area contributed by atoms with E-state index >= 15 is 0 Å². The van der Waals surface area contributed by atoms with Crippen molar-refractivity contribution in [3.63, 3.8) is 0 Å². The molecule has 0 saturated carbocycles. The highest BCUT2D eigenvalue weighted by Crippen LogP contribution is 2.19. The molecule has 150 valence electrons. The summed E-state index contributed by atoms with van der Waals surface area (Å²) in [6.45, 7) is 0.663. The van der Waals surface area contributed by atoms with Crippen LogP contribution in [-0.4, -0.2) is 29.1 Å². The molecule has 0 saturated heterocycles. The number of hydrogen-bond acceptors (Lipinski definition) is 4. The molecule has 1 heterocycles. The molecular formula is C24H21N3O3. The Bertz CT molecular complexity index is 1240. The van der Waals surface area contributed by atoms with Crippen LogP contribution in [0.15, 0.2) is 83.9 Å². The van der Waals surface area contributed by atoms with Gasteiger partial charge in [0.25, 0.3) is 11.5 Å². The lowest BCUT2D eigenvalue weighted by Gasteiger charge is -2.10. The van der Waals surface area contributed by atoms with Gasteiger partial charge in [-0.1, -0.05) is 36.4 Å². The van der Waals surface area contributed by atoms with Crippen LogP contribution in [0.2, 0.25) is 0 Å². The van der Waals surface area contributed by atoms with Crippen LogP contribution >= 0.6 is 0 Å². The lowest BCUT2D eigenvalue weighted by atomic mass is 10.0. The second-order valence-electron chi connectivity index (χ2n) is 6.82. The van der Waals surface area contributed by atoms with Crippen LogP contribution in [0.4, 0.5) is 0 Å². The quantitative estimate of drug-likeness (QED) is 0.539. The fourth-order valence-electron chi connectivity index (χ4n) is 3.32. The number of rotatable bonds is 6. The number of nitrogens with zero attached hydrogens (tertiary/aromatic N) is 2. The van der Waals surface area contributed by atoms with E-state index in [2.05, 4.69) is 10.3 Å². The van der Waals surface area contributed by atoms with Crippen LogP contribution in [-0.2, 0) is 6.54 Å². The van der Waals surface area contributed by atoms with E-state index < -0.39 is 0 Å². The second kappa shape index (κ2) is 8.61. The predicted molar refractivity (Wildman–Crippen MR) is 117 cm³/mol. The summed E-state index contributed by atoms with van der Waals surface area (Å²) in [7, 11) is 1.60. The molecule has 0 unspecified atom stereocenters. The third-order valence-corrected chi connectivity index (χ3v) is 4.94. The Labute approximate surface area is 173 Å². The SMILES string of the molecule is COc1ccc(-c2cc(=O)n(CCNC(=O)c3cccc4ccccc34)cn2)cc1. The molecule has 6 heteroatoms. The van der Waals surface area contributed by atoms with Gasteiger partial charge in [-0.15, -0.1) is 0 Å². The third-order valence-electron chi connectivity index (χ3n) is 4.94. The largest absolute Gasteiger partial charge is 0.497 e. The number of hydrogen-bond donors (Lipinski definition) is 1. The highest BCUT2D eigenvalue weighted by Gasteiger charge is 2.09. The predicted octanol–water partition coefficient (Wildman–Crippen LogP) is 3.50. The van der Waals surface area contributed by atoms with E-state index in [4.69, 9.17) is 4.74 Å². The summed E-state index contributed by atoms with van der Waals surface area (Å²) in [6, 6.07) is 22.3. The first-order valence-corrected chi connectivity index (χ1v) is 9.62. The molecule has 3 aromatic carbocycles. The molecule has 4 rings (SSSR count). The molecule has 0 aliphatic carbocycles. The van der Waals surface area contributed by atoms with Crippen LogP contribution in [0.3, 0.4) is 0 Å². The van der Waals surface area contributed by atoms with Crippen molar-refractivity contribution in [3.8, 4) is 17.0 Å². The van der Waals surface area contributed by atoms with E-state index in [0.29, 0.717) is 24.3 Å². The maximum absolute atomic E-state index is 12.6. The van der Waals surface area contributed by atoms with E-state index in [1.54, 1.807) is 13.2 Å². The number of ether oxygens (including phenoxy) is 1. The summed E-state index contributed by atoms with van der Waals surface area (Å²) in [6.07, 6.45) is 1.51.